The van der Waals surface area contributed by atoms with Crippen LogP contribution in [0.5, 0.6) is 0 Å². The number of halogens is 1. The number of nitrogens with zero attached hydrogens (tertiary/aromatic N) is 2. The van der Waals surface area contributed by atoms with Crippen LogP contribution in [0.2, 0.25) is 5.02 Å². The Labute approximate surface area is 185 Å². The van der Waals surface area contributed by atoms with E-state index in [2.05, 4.69) is 17.4 Å². The summed E-state index contributed by atoms with van der Waals surface area (Å²) in [7, 11) is 0. The predicted octanol–water partition coefficient (Wildman–Crippen LogP) is 3.60. The van der Waals surface area contributed by atoms with Crippen molar-refractivity contribution in [3.8, 4) is 11.3 Å². The molecule has 0 saturated carbocycles. The molecule has 1 aliphatic carbocycles. The van der Waals surface area contributed by atoms with Gasteiger partial charge in [0.15, 0.2) is 0 Å². The minimum absolute atomic E-state index is 0.0812. The molecule has 0 fully saturated rings. The molecule has 0 bridgehead atoms. The van der Waals surface area contributed by atoms with Crippen molar-refractivity contribution < 1.29 is 9.59 Å². The lowest BCUT2D eigenvalue weighted by molar-refractivity contribution is 0.0996. The highest BCUT2D eigenvalue weighted by atomic mass is 35.5. The SMILES string of the molecule is NC(=O)c1c(Cl)c(-c2ccccc2)n2c1CN(C(=O)NC1Cc3ccccc3C1)CC2. The second-order valence-corrected chi connectivity index (χ2v) is 8.49. The number of aromatic nitrogens is 1. The van der Waals surface area contributed by atoms with Crippen LogP contribution in [0.1, 0.15) is 27.2 Å². The number of carbonyl (C=O) groups excluding carboxylic acids is 2. The fourth-order valence-corrected chi connectivity index (χ4v) is 5.17. The van der Waals surface area contributed by atoms with Gasteiger partial charge < -0.3 is 20.5 Å². The molecule has 2 heterocycles. The zero-order chi connectivity index (χ0) is 21.5. The summed E-state index contributed by atoms with van der Waals surface area (Å²) in [6, 6.07) is 17.9. The molecule has 2 aliphatic rings. The molecule has 158 valence electrons. The van der Waals surface area contributed by atoms with E-state index >= 15 is 0 Å². The summed E-state index contributed by atoms with van der Waals surface area (Å²) in [5.41, 5.74) is 10.9. The van der Waals surface area contributed by atoms with E-state index in [1.165, 1.54) is 11.1 Å². The van der Waals surface area contributed by atoms with Gasteiger partial charge in [-0.1, -0.05) is 66.2 Å². The number of hydrogen-bond acceptors (Lipinski definition) is 2. The zero-order valence-electron chi connectivity index (χ0n) is 17.0. The second-order valence-electron chi connectivity index (χ2n) is 8.11. The standard InChI is InChI=1S/C24H23ClN4O2/c25-21-20(23(26)30)19-14-28(10-11-29(19)22(21)15-6-2-1-3-7-15)24(31)27-18-12-16-8-4-5-9-17(16)13-18/h1-9,18H,10-14H2,(H2,26,30)(H,27,31). The first-order chi connectivity index (χ1) is 15.0. The van der Waals surface area contributed by atoms with E-state index < -0.39 is 5.91 Å². The third-order valence-corrected chi connectivity index (χ3v) is 6.57. The van der Waals surface area contributed by atoms with Crippen LogP contribution < -0.4 is 11.1 Å². The summed E-state index contributed by atoms with van der Waals surface area (Å²) >= 11 is 6.63. The molecule has 0 radical (unpaired) electrons. The van der Waals surface area contributed by atoms with Crippen LogP contribution in [0.3, 0.4) is 0 Å². The summed E-state index contributed by atoms with van der Waals surface area (Å²) in [6.45, 7) is 1.36. The largest absolute Gasteiger partial charge is 0.365 e. The van der Waals surface area contributed by atoms with Gasteiger partial charge in [0.25, 0.3) is 5.91 Å². The number of primary amides is 1. The van der Waals surface area contributed by atoms with Gasteiger partial charge in [-0.25, -0.2) is 4.79 Å². The number of fused-ring (bicyclic) bond motifs is 2. The topological polar surface area (TPSA) is 80.4 Å². The van der Waals surface area contributed by atoms with Gasteiger partial charge in [-0.05, 0) is 29.5 Å². The molecule has 0 unspecified atom stereocenters. The van der Waals surface area contributed by atoms with Crippen LogP contribution >= 0.6 is 11.6 Å². The number of amides is 3. The lowest BCUT2D eigenvalue weighted by Gasteiger charge is -2.31. The summed E-state index contributed by atoms with van der Waals surface area (Å²) in [4.78, 5) is 27.0. The Morgan fingerprint density at radius 1 is 0.968 bits per heavy atom. The van der Waals surface area contributed by atoms with E-state index in [0.29, 0.717) is 29.4 Å². The minimum atomic E-state index is -0.579. The molecule has 0 atom stereocenters. The predicted molar refractivity (Wildman–Crippen MR) is 120 cm³/mol. The maximum Gasteiger partial charge on any atom is 0.318 e. The highest BCUT2D eigenvalue weighted by molar-refractivity contribution is 6.36. The van der Waals surface area contributed by atoms with Crippen molar-refractivity contribution in [1.29, 1.82) is 0 Å². The fraction of sp³-hybridized carbons (Fsp3) is 0.250. The van der Waals surface area contributed by atoms with Crippen LogP contribution in [0.4, 0.5) is 4.79 Å². The molecule has 7 heteroatoms. The monoisotopic (exact) mass is 434 g/mol. The first-order valence-electron chi connectivity index (χ1n) is 10.4. The van der Waals surface area contributed by atoms with Crippen LogP contribution in [0.25, 0.3) is 11.3 Å². The molecule has 3 aromatic rings. The lowest BCUT2D eigenvalue weighted by atomic mass is 10.1. The van der Waals surface area contributed by atoms with Gasteiger partial charge in [-0.2, -0.15) is 0 Å². The maximum atomic E-state index is 13.0. The number of rotatable bonds is 3. The minimum Gasteiger partial charge on any atom is -0.365 e. The van der Waals surface area contributed by atoms with Crippen molar-refractivity contribution in [1.82, 2.24) is 14.8 Å². The van der Waals surface area contributed by atoms with E-state index in [0.717, 1.165) is 24.1 Å². The lowest BCUT2D eigenvalue weighted by Crippen LogP contribution is -2.48. The highest BCUT2D eigenvalue weighted by Crippen LogP contribution is 2.37. The van der Waals surface area contributed by atoms with Gasteiger partial charge >= 0.3 is 6.03 Å². The van der Waals surface area contributed by atoms with E-state index in [9.17, 15) is 9.59 Å². The Morgan fingerprint density at radius 2 is 1.61 bits per heavy atom. The summed E-state index contributed by atoms with van der Waals surface area (Å²) in [5.74, 6) is -0.579. The molecule has 0 spiro atoms. The molecule has 5 rings (SSSR count). The summed E-state index contributed by atoms with van der Waals surface area (Å²) < 4.78 is 2.02. The number of nitrogens with one attached hydrogen (secondary N) is 1. The molecular weight excluding hydrogens is 412 g/mol. The van der Waals surface area contributed by atoms with Crippen molar-refractivity contribution in [3.63, 3.8) is 0 Å². The van der Waals surface area contributed by atoms with Crippen molar-refractivity contribution >= 4 is 23.5 Å². The number of hydrogen-bond donors (Lipinski definition) is 2. The average Bonchev–Trinajstić information content (AvgIpc) is 3.30. The fourth-order valence-electron chi connectivity index (χ4n) is 4.75. The number of carbonyl (C=O) groups is 2. The Morgan fingerprint density at radius 3 is 2.26 bits per heavy atom. The maximum absolute atomic E-state index is 13.0. The van der Waals surface area contributed by atoms with Gasteiger partial charge in [0.2, 0.25) is 0 Å². The van der Waals surface area contributed by atoms with Gasteiger partial charge in [0.05, 0.1) is 28.5 Å². The van der Waals surface area contributed by atoms with Crippen LogP contribution in [0.15, 0.2) is 54.6 Å². The van der Waals surface area contributed by atoms with Crippen molar-refractivity contribution in [3.05, 3.63) is 82.0 Å². The third-order valence-electron chi connectivity index (χ3n) is 6.21. The Balaban J connectivity index is 1.39. The van der Waals surface area contributed by atoms with E-state index in [1.807, 2.05) is 47.0 Å². The van der Waals surface area contributed by atoms with Crippen molar-refractivity contribution in [2.45, 2.75) is 32.0 Å². The molecular formula is C24H23ClN4O2. The van der Waals surface area contributed by atoms with E-state index in [-0.39, 0.29) is 18.6 Å². The number of urea groups is 1. The van der Waals surface area contributed by atoms with Gasteiger partial charge in [0, 0.05) is 19.1 Å². The zero-order valence-corrected chi connectivity index (χ0v) is 17.7. The van der Waals surface area contributed by atoms with Crippen LogP contribution in [-0.2, 0) is 25.9 Å². The molecule has 6 nitrogen and oxygen atoms in total. The first-order valence-corrected chi connectivity index (χ1v) is 10.8. The average molecular weight is 435 g/mol. The van der Waals surface area contributed by atoms with Crippen LogP contribution in [-0.4, -0.2) is 34.0 Å². The van der Waals surface area contributed by atoms with Gasteiger partial charge in [-0.3, -0.25) is 4.79 Å². The molecule has 3 amide bonds. The van der Waals surface area contributed by atoms with Crippen molar-refractivity contribution in [2.24, 2.45) is 5.73 Å². The van der Waals surface area contributed by atoms with Crippen LogP contribution in [0, 0.1) is 0 Å². The Kier molecular flexibility index (Phi) is 4.94. The highest BCUT2D eigenvalue weighted by Gasteiger charge is 2.32. The first kappa shape index (κ1) is 19.7. The quantitative estimate of drug-likeness (QED) is 0.660. The smallest absolute Gasteiger partial charge is 0.318 e. The third kappa shape index (κ3) is 3.47. The van der Waals surface area contributed by atoms with E-state index in [4.69, 9.17) is 17.3 Å². The van der Waals surface area contributed by atoms with Gasteiger partial charge in [0.1, 0.15) is 0 Å². The molecule has 3 N–H and O–H groups in total. The van der Waals surface area contributed by atoms with Gasteiger partial charge in [-0.15, -0.1) is 0 Å². The normalized spacial score (nSPS) is 15.5. The van der Waals surface area contributed by atoms with Crippen molar-refractivity contribution in [2.75, 3.05) is 6.54 Å². The molecule has 2 aromatic carbocycles. The molecule has 1 aliphatic heterocycles. The second kappa shape index (κ2) is 7.78. The molecule has 31 heavy (non-hydrogen) atoms. The number of nitrogens with two attached hydrogens (primary N) is 1. The number of benzene rings is 2. The summed E-state index contributed by atoms with van der Waals surface area (Å²) in [5, 5.41) is 3.51. The molecule has 1 aromatic heterocycles. The Hall–Kier alpha value is -3.25. The Bertz CT molecular complexity index is 1150. The summed E-state index contributed by atoms with van der Waals surface area (Å²) in [6.07, 6.45) is 1.67. The molecule has 0 saturated heterocycles. The van der Waals surface area contributed by atoms with E-state index in [1.54, 1.807) is 4.90 Å².